The van der Waals surface area contributed by atoms with Crippen molar-refractivity contribution in [1.82, 2.24) is 4.72 Å². The number of sulfonamides is 1. The lowest BCUT2D eigenvalue weighted by Crippen LogP contribution is -2.30. The highest BCUT2D eigenvalue weighted by Crippen LogP contribution is 2.30. The van der Waals surface area contributed by atoms with Gasteiger partial charge in [0.25, 0.3) is 0 Å². The standard InChI is InChI=1S/C15H24N2O3S/c1-12-3-2-4-13(12)11-17-21(18,19)15-7-5-14(6-8-15)20-10-9-16/h5-8,12-13,17H,2-4,9-11,16H2,1H3. The van der Waals surface area contributed by atoms with Gasteiger partial charge >= 0.3 is 0 Å². The highest BCUT2D eigenvalue weighted by molar-refractivity contribution is 7.89. The van der Waals surface area contributed by atoms with Crippen LogP contribution >= 0.6 is 0 Å². The summed E-state index contributed by atoms with van der Waals surface area (Å²) in [6.45, 7) is 3.57. The minimum atomic E-state index is -3.44. The van der Waals surface area contributed by atoms with Gasteiger partial charge in [-0.2, -0.15) is 0 Å². The fourth-order valence-corrected chi connectivity index (χ4v) is 3.81. The van der Waals surface area contributed by atoms with Crippen LogP contribution in [0.2, 0.25) is 0 Å². The smallest absolute Gasteiger partial charge is 0.240 e. The zero-order valence-corrected chi connectivity index (χ0v) is 13.2. The summed E-state index contributed by atoms with van der Waals surface area (Å²) in [6, 6.07) is 6.43. The molecule has 21 heavy (non-hydrogen) atoms. The first-order valence-electron chi connectivity index (χ1n) is 7.45. The summed E-state index contributed by atoms with van der Waals surface area (Å²) in [5.41, 5.74) is 5.36. The van der Waals surface area contributed by atoms with Gasteiger partial charge in [-0.3, -0.25) is 0 Å². The second-order valence-electron chi connectivity index (χ2n) is 5.63. The van der Waals surface area contributed by atoms with Crippen LogP contribution < -0.4 is 15.2 Å². The Labute approximate surface area is 126 Å². The molecule has 0 saturated heterocycles. The molecule has 2 unspecified atom stereocenters. The van der Waals surface area contributed by atoms with E-state index in [1.165, 1.54) is 12.8 Å². The molecule has 1 aromatic rings. The minimum absolute atomic E-state index is 0.272. The van der Waals surface area contributed by atoms with Crippen molar-refractivity contribution < 1.29 is 13.2 Å². The molecule has 0 spiro atoms. The van der Waals surface area contributed by atoms with Crippen LogP contribution in [0.5, 0.6) is 5.75 Å². The number of ether oxygens (including phenoxy) is 1. The van der Waals surface area contributed by atoms with Crippen molar-refractivity contribution in [2.45, 2.75) is 31.1 Å². The SMILES string of the molecule is CC1CCCC1CNS(=O)(=O)c1ccc(OCCN)cc1. The normalized spacial score (nSPS) is 22.4. The number of benzene rings is 1. The molecule has 5 nitrogen and oxygen atoms in total. The Morgan fingerprint density at radius 3 is 2.57 bits per heavy atom. The maximum atomic E-state index is 12.2. The van der Waals surface area contributed by atoms with Crippen LogP contribution in [-0.2, 0) is 10.0 Å². The van der Waals surface area contributed by atoms with Crippen LogP contribution in [0.4, 0.5) is 0 Å². The van der Waals surface area contributed by atoms with E-state index >= 15 is 0 Å². The Hall–Kier alpha value is -1.11. The molecule has 118 valence electrons. The van der Waals surface area contributed by atoms with Crippen molar-refractivity contribution in [2.24, 2.45) is 17.6 Å². The predicted octanol–water partition coefficient (Wildman–Crippen LogP) is 1.74. The molecule has 0 aliphatic heterocycles. The van der Waals surface area contributed by atoms with Crippen LogP contribution in [-0.4, -0.2) is 28.1 Å². The molecular formula is C15H24N2O3S. The van der Waals surface area contributed by atoms with Crippen LogP contribution in [0, 0.1) is 11.8 Å². The van der Waals surface area contributed by atoms with Gasteiger partial charge in [0.05, 0.1) is 4.90 Å². The van der Waals surface area contributed by atoms with E-state index in [2.05, 4.69) is 11.6 Å². The van der Waals surface area contributed by atoms with E-state index in [-0.39, 0.29) is 4.90 Å². The molecule has 1 aliphatic rings. The summed E-state index contributed by atoms with van der Waals surface area (Å²) in [4.78, 5) is 0.272. The lowest BCUT2D eigenvalue weighted by atomic mass is 9.99. The van der Waals surface area contributed by atoms with Gasteiger partial charge < -0.3 is 10.5 Å². The first kappa shape index (κ1) is 16.3. The Morgan fingerprint density at radius 1 is 1.29 bits per heavy atom. The third-order valence-corrected chi connectivity index (χ3v) is 5.53. The van der Waals surface area contributed by atoms with Crippen molar-refractivity contribution in [3.05, 3.63) is 24.3 Å². The van der Waals surface area contributed by atoms with Gasteiger partial charge in [-0.1, -0.05) is 19.8 Å². The van der Waals surface area contributed by atoms with E-state index in [1.54, 1.807) is 24.3 Å². The van der Waals surface area contributed by atoms with Gasteiger partial charge in [0, 0.05) is 13.1 Å². The fraction of sp³-hybridized carbons (Fsp3) is 0.600. The topological polar surface area (TPSA) is 81.4 Å². The van der Waals surface area contributed by atoms with E-state index in [0.29, 0.717) is 37.3 Å². The van der Waals surface area contributed by atoms with Crippen molar-refractivity contribution in [1.29, 1.82) is 0 Å². The quantitative estimate of drug-likeness (QED) is 0.803. The largest absolute Gasteiger partial charge is 0.492 e. The second-order valence-corrected chi connectivity index (χ2v) is 7.40. The van der Waals surface area contributed by atoms with Crippen LogP contribution in [0.15, 0.2) is 29.2 Å². The van der Waals surface area contributed by atoms with E-state index in [9.17, 15) is 8.42 Å². The lowest BCUT2D eigenvalue weighted by Gasteiger charge is -2.16. The molecule has 1 aromatic carbocycles. The van der Waals surface area contributed by atoms with Crippen LogP contribution in [0.25, 0.3) is 0 Å². The van der Waals surface area contributed by atoms with Gasteiger partial charge in [0.15, 0.2) is 0 Å². The van der Waals surface area contributed by atoms with E-state index in [1.807, 2.05) is 0 Å². The summed E-state index contributed by atoms with van der Waals surface area (Å²) < 4.78 is 32.6. The zero-order chi connectivity index (χ0) is 15.3. The van der Waals surface area contributed by atoms with Gasteiger partial charge in [0.2, 0.25) is 10.0 Å². The predicted molar refractivity (Wildman–Crippen MR) is 82.7 cm³/mol. The second kappa shape index (κ2) is 7.24. The molecule has 0 heterocycles. The van der Waals surface area contributed by atoms with Gasteiger partial charge in [-0.15, -0.1) is 0 Å². The van der Waals surface area contributed by atoms with Crippen LogP contribution in [0.3, 0.4) is 0 Å². The average molecular weight is 312 g/mol. The first-order valence-corrected chi connectivity index (χ1v) is 8.94. The summed E-state index contributed by atoms with van der Waals surface area (Å²) in [5, 5.41) is 0. The van der Waals surface area contributed by atoms with Crippen LogP contribution in [0.1, 0.15) is 26.2 Å². The Balaban J connectivity index is 1.95. The number of hydrogen-bond donors (Lipinski definition) is 2. The Kier molecular flexibility index (Phi) is 5.61. The van der Waals surface area contributed by atoms with Gasteiger partial charge in [0.1, 0.15) is 12.4 Å². The fourth-order valence-electron chi connectivity index (χ4n) is 2.72. The van der Waals surface area contributed by atoms with Crippen molar-refractivity contribution >= 4 is 10.0 Å². The molecule has 0 amide bonds. The Bertz CT molecular complexity index is 543. The highest BCUT2D eigenvalue weighted by atomic mass is 32.2. The van der Waals surface area contributed by atoms with Crippen molar-refractivity contribution in [2.75, 3.05) is 19.7 Å². The molecule has 0 bridgehead atoms. The number of nitrogens with one attached hydrogen (secondary N) is 1. The summed E-state index contributed by atoms with van der Waals surface area (Å²) >= 11 is 0. The highest BCUT2D eigenvalue weighted by Gasteiger charge is 2.25. The molecule has 1 aliphatic carbocycles. The van der Waals surface area contributed by atoms with Gasteiger partial charge in [-0.05, 0) is 42.5 Å². The molecule has 1 fully saturated rings. The molecule has 2 rings (SSSR count). The summed E-state index contributed by atoms with van der Waals surface area (Å²) in [7, 11) is -3.44. The third-order valence-electron chi connectivity index (χ3n) is 4.10. The zero-order valence-electron chi connectivity index (χ0n) is 12.4. The molecule has 6 heteroatoms. The molecule has 3 N–H and O–H groups in total. The molecular weight excluding hydrogens is 288 g/mol. The maximum Gasteiger partial charge on any atom is 0.240 e. The number of nitrogens with two attached hydrogens (primary N) is 1. The monoisotopic (exact) mass is 312 g/mol. The molecule has 0 radical (unpaired) electrons. The van der Waals surface area contributed by atoms with Gasteiger partial charge in [-0.25, -0.2) is 13.1 Å². The number of rotatable bonds is 7. The molecule has 1 saturated carbocycles. The minimum Gasteiger partial charge on any atom is -0.492 e. The van der Waals surface area contributed by atoms with E-state index < -0.39 is 10.0 Å². The molecule has 2 atom stereocenters. The van der Waals surface area contributed by atoms with Crippen molar-refractivity contribution in [3.8, 4) is 5.75 Å². The lowest BCUT2D eigenvalue weighted by molar-refractivity contribution is 0.328. The first-order chi connectivity index (χ1) is 10.0. The molecule has 0 aromatic heterocycles. The maximum absolute atomic E-state index is 12.2. The number of hydrogen-bond acceptors (Lipinski definition) is 4. The Morgan fingerprint density at radius 2 is 2.00 bits per heavy atom. The van der Waals surface area contributed by atoms with Crippen molar-refractivity contribution in [3.63, 3.8) is 0 Å². The van der Waals surface area contributed by atoms with E-state index in [4.69, 9.17) is 10.5 Å². The third kappa shape index (κ3) is 4.43. The average Bonchev–Trinajstić information content (AvgIpc) is 2.89. The summed E-state index contributed by atoms with van der Waals surface area (Å²) in [6.07, 6.45) is 3.50. The van der Waals surface area contributed by atoms with E-state index in [0.717, 1.165) is 6.42 Å². The summed E-state index contributed by atoms with van der Waals surface area (Å²) in [5.74, 6) is 1.68.